The van der Waals surface area contributed by atoms with Crippen molar-refractivity contribution in [1.29, 1.82) is 0 Å². The van der Waals surface area contributed by atoms with E-state index in [4.69, 9.17) is 10.5 Å². The molecule has 0 spiro atoms. The van der Waals surface area contributed by atoms with Crippen LogP contribution in [0.1, 0.15) is 12.0 Å². The topological polar surface area (TPSA) is 35.2 Å². The molecule has 0 radical (unpaired) electrons. The number of rotatable bonds is 6. The summed E-state index contributed by atoms with van der Waals surface area (Å²) in [5.74, 6) is 0.791. The molecule has 0 saturated heterocycles. The predicted molar refractivity (Wildman–Crippen MR) is 55.3 cm³/mol. The van der Waals surface area contributed by atoms with Crippen LogP contribution in [-0.2, 0) is 6.42 Å². The molecule has 14 heavy (non-hydrogen) atoms. The fourth-order valence-electron chi connectivity index (χ4n) is 1.16. The van der Waals surface area contributed by atoms with Crippen molar-refractivity contribution >= 4 is 0 Å². The molecule has 78 valence electrons. The maximum atomic E-state index is 11.8. The summed E-state index contributed by atoms with van der Waals surface area (Å²) in [7, 11) is 0. The van der Waals surface area contributed by atoms with Crippen molar-refractivity contribution < 1.29 is 9.13 Å². The zero-order chi connectivity index (χ0) is 10.2. The molecule has 0 saturated carbocycles. The van der Waals surface area contributed by atoms with E-state index in [0.717, 1.165) is 12.2 Å². The molecular weight excluding hydrogens is 181 g/mol. The Kier molecular flexibility index (Phi) is 5.00. The first-order valence-corrected chi connectivity index (χ1v) is 4.84. The van der Waals surface area contributed by atoms with Crippen LogP contribution in [0.4, 0.5) is 4.39 Å². The lowest BCUT2D eigenvalue weighted by Crippen LogP contribution is -2.02. The number of alkyl halides is 1. The lowest BCUT2D eigenvalue weighted by Gasteiger charge is -2.05. The van der Waals surface area contributed by atoms with E-state index in [-0.39, 0.29) is 6.67 Å². The zero-order valence-electron chi connectivity index (χ0n) is 8.21. The van der Waals surface area contributed by atoms with Crippen LogP contribution in [0.15, 0.2) is 24.3 Å². The van der Waals surface area contributed by atoms with Gasteiger partial charge < -0.3 is 10.5 Å². The van der Waals surface area contributed by atoms with E-state index >= 15 is 0 Å². The SMILES string of the molecule is NCCc1ccc(OCCCF)cc1. The van der Waals surface area contributed by atoms with Gasteiger partial charge in [-0.15, -0.1) is 0 Å². The largest absolute Gasteiger partial charge is 0.494 e. The maximum absolute atomic E-state index is 11.8. The average Bonchev–Trinajstić information content (AvgIpc) is 2.21. The number of ether oxygens (including phenoxy) is 1. The molecule has 1 aromatic rings. The van der Waals surface area contributed by atoms with Crippen molar-refractivity contribution in [3.63, 3.8) is 0 Å². The fraction of sp³-hybridized carbons (Fsp3) is 0.455. The minimum atomic E-state index is -0.328. The highest BCUT2D eigenvalue weighted by atomic mass is 19.1. The second-order valence-corrected chi connectivity index (χ2v) is 3.07. The Morgan fingerprint density at radius 3 is 2.50 bits per heavy atom. The first kappa shape index (κ1) is 11.0. The van der Waals surface area contributed by atoms with Crippen molar-refractivity contribution in [1.82, 2.24) is 0 Å². The summed E-state index contributed by atoms with van der Waals surface area (Å²) < 4.78 is 17.1. The van der Waals surface area contributed by atoms with Crippen molar-refractivity contribution in [2.45, 2.75) is 12.8 Å². The van der Waals surface area contributed by atoms with Gasteiger partial charge in [-0.25, -0.2) is 0 Å². The molecule has 0 aromatic heterocycles. The molecule has 0 fully saturated rings. The molecule has 0 aliphatic heterocycles. The number of halogens is 1. The molecule has 0 atom stereocenters. The van der Waals surface area contributed by atoms with Crippen molar-refractivity contribution in [3.8, 4) is 5.75 Å². The number of benzene rings is 1. The van der Waals surface area contributed by atoms with Gasteiger partial charge in [0.25, 0.3) is 0 Å². The van der Waals surface area contributed by atoms with Crippen LogP contribution in [0.3, 0.4) is 0 Å². The second kappa shape index (κ2) is 6.38. The summed E-state index contributed by atoms with van der Waals surface area (Å²) in [5, 5.41) is 0. The van der Waals surface area contributed by atoms with Crippen LogP contribution in [0.2, 0.25) is 0 Å². The predicted octanol–water partition coefficient (Wildman–Crippen LogP) is 1.93. The Balaban J connectivity index is 2.38. The van der Waals surface area contributed by atoms with Crippen LogP contribution in [0.25, 0.3) is 0 Å². The minimum absolute atomic E-state index is 0.328. The van der Waals surface area contributed by atoms with Crippen molar-refractivity contribution in [2.24, 2.45) is 5.73 Å². The summed E-state index contributed by atoms with van der Waals surface area (Å²) in [6.45, 7) is 0.764. The number of hydrogen-bond acceptors (Lipinski definition) is 2. The van der Waals surface area contributed by atoms with E-state index in [1.54, 1.807) is 0 Å². The quantitative estimate of drug-likeness (QED) is 0.707. The Labute approximate surface area is 83.9 Å². The molecule has 0 unspecified atom stereocenters. The molecule has 3 heteroatoms. The van der Waals surface area contributed by atoms with E-state index < -0.39 is 0 Å². The monoisotopic (exact) mass is 197 g/mol. The second-order valence-electron chi connectivity index (χ2n) is 3.07. The van der Waals surface area contributed by atoms with Crippen LogP contribution in [0.5, 0.6) is 5.75 Å². The molecule has 1 rings (SSSR count). The maximum Gasteiger partial charge on any atom is 0.119 e. The highest BCUT2D eigenvalue weighted by molar-refractivity contribution is 5.27. The van der Waals surface area contributed by atoms with Gasteiger partial charge in [0.2, 0.25) is 0 Å². The molecule has 2 N–H and O–H groups in total. The van der Waals surface area contributed by atoms with Crippen LogP contribution < -0.4 is 10.5 Å². The van der Waals surface area contributed by atoms with Gasteiger partial charge in [-0.1, -0.05) is 12.1 Å². The third-order valence-corrected chi connectivity index (χ3v) is 1.90. The molecule has 2 nitrogen and oxygen atoms in total. The van der Waals surface area contributed by atoms with Gasteiger partial charge in [0.05, 0.1) is 13.3 Å². The summed E-state index contributed by atoms with van der Waals surface area (Å²) >= 11 is 0. The Hall–Kier alpha value is -1.09. The average molecular weight is 197 g/mol. The third-order valence-electron chi connectivity index (χ3n) is 1.90. The highest BCUT2D eigenvalue weighted by Crippen LogP contribution is 2.12. The lowest BCUT2D eigenvalue weighted by atomic mass is 10.1. The summed E-state index contributed by atoms with van der Waals surface area (Å²) in [6.07, 6.45) is 1.33. The smallest absolute Gasteiger partial charge is 0.119 e. The van der Waals surface area contributed by atoms with Gasteiger partial charge in [-0.2, -0.15) is 0 Å². The molecule has 1 aromatic carbocycles. The van der Waals surface area contributed by atoms with Crippen molar-refractivity contribution in [3.05, 3.63) is 29.8 Å². The molecule has 0 amide bonds. The molecule has 0 aliphatic carbocycles. The van der Waals surface area contributed by atoms with Crippen LogP contribution >= 0.6 is 0 Å². The zero-order valence-corrected chi connectivity index (χ0v) is 8.21. The molecule has 0 heterocycles. The van der Waals surface area contributed by atoms with E-state index in [1.165, 1.54) is 5.56 Å². The minimum Gasteiger partial charge on any atom is -0.494 e. The summed E-state index contributed by atoms with van der Waals surface area (Å²) in [6, 6.07) is 7.75. The Morgan fingerprint density at radius 1 is 1.21 bits per heavy atom. The fourth-order valence-corrected chi connectivity index (χ4v) is 1.16. The van der Waals surface area contributed by atoms with Gasteiger partial charge >= 0.3 is 0 Å². The summed E-state index contributed by atoms with van der Waals surface area (Å²) in [5.41, 5.74) is 6.62. The normalized spacial score (nSPS) is 10.1. The van der Waals surface area contributed by atoms with Crippen molar-refractivity contribution in [2.75, 3.05) is 19.8 Å². The van der Waals surface area contributed by atoms with Crippen LogP contribution in [0, 0.1) is 0 Å². The number of hydrogen-bond donors (Lipinski definition) is 1. The van der Waals surface area contributed by atoms with E-state index in [0.29, 0.717) is 19.6 Å². The van der Waals surface area contributed by atoms with E-state index in [1.807, 2.05) is 24.3 Å². The van der Waals surface area contributed by atoms with Gasteiger partial charge in [0.1, 0.15) is 5.75 Å². The van der Waals surface area contributed by atoms with E-state index in [9.17, 15) is 4.39 Å². The molecule has 0 aliphatic rings. The standard InChI is InChI=1S/C11H16FNO/c12-7-1-9-14-11-4-2-10(3-5-11)6-8-13/h2-5H,1,6-9,13H2. The van der Waals surface area contributed by atoms with Crippen LogP contribution in [-0.4, -0.2) is 19.8 Å². The summed E-state index contributed by atoms with van der Waals surface area (Å²) in [4.78, 5) is 0. The molecule has 0 bridgehead atoms. The Morgan fingerprint density at radius 2 is 1.93 bits per heavy atom. The first-order valence-electron chi connectivity index (χ1n) is 4.84. The lowest BCUT2D eigenvalue weighted by molar-refractivity contribution is 0.289. The Bertz CT molecular complexity index is 248. The van der Waals surface area contributed by atoms with Gasteiger partial charge in [0.15, 0.2) is 0 Å². The van der Waals surface area contributed by atoms with Gasteiger partial charge in [-0.3, -0.25) is 4.39 Å². The third kappa shape index (κ3) is 3.75. The van der Waals surface area contributed by atoms with Gasteiger partial charge in [0, 0.05) is 6.42 Å². The highest BCUT2D eigenvalue weighted by Gasteiger charge is 1.94. The first-order chi connectivity index (χ1) is 6.86. The van der Waals surface area contributed by atoms with Gasteiger partial charge in [-0.05, 0) is 30.7 Å². The number of nitrogens with two attached hydrogens (primary N) is 1. The molecular formula is C11H16FNO. The van der Waals surface area contributed by atoms with E-state index in [2.05, 4.69) is 0 Å².